The molecule has 96 valence electrons. The molecule has 6 heteroatoms. The van der Waals surface area contributed by atoms with Gasteiger partial charge in [-0.3, -0.25) is 0 Å². The Labute approximate surface area is 113 Å². The van der Waals surface area contributed by atoms with E-state index in [9.17, 15) is 4.39 Å². The van der Waals surface area contributed by atoms with Gasteiger partial charge < -0.3 is 5.73 Å². The van der Waals surface area contributed by atoms with Crippen molar-refractivity contribution in [2.75, 3.05) is 0 Å². The van der Waals surface area contributed by atoms with Crippen LogP contribution < -0.4 is 5.73 Å². The molecule has 0 radical (unpaired) electrons. The Morgan fingerprint density at radius 2 is 2.17 bits per heavy atom. The van der Waals surface area contributed by atoms with E-state index in [1.165, 1.54) is 6.07 Å². The molecule has 2 rings (SSSR count). The maximum Gasteiger partial charge on any atom is 0.129 e. The maximum absolute atomic E-state index is 13.7. The minimum atomic E-state index is -0.545. The molecule has 0 atom stereocenters. The monoisotopic (exact) mass is 312 g/mol. The quantitative estimate of drug-likeness (QED) is 0.947. The lowest BCUT2D eigenvalue weighted by molar-refractivity contribution is 0.533. The highest BCUT2D eigenvalue weighted by atomic mass is 79.9. The Morgan fingerprint density at radius 3 is 2.72 bits per heavy atom. The first-order valence-electron chi connectivity index (χ1n) is 5.49. The lowest BCUT2D eigenvalue weighted by atomic mass is 10.0. The van der Waals surface area contributed by atoms with E-state index in [0.717, 1.165) is 0 Å². The van der Waals surface area contributed by atoms with Gasteiger partial charge in [0.2, 0.25) is 0 Å². The van der Waals surface area contributed by atoms with Crippen molar-refractivity contribution in [3.05, 3.63) is 45.9 Å². The highest BCUT2D eigenvalue weighted by Gasteiger charge is 2.18. The highest BCUT2D eigenvalue weighted by Crippen LogP contribution is 2.17. The molecule has 0 saturated heterocycles. The Bertz CT molecular complexity index is 559. The number of nitrogens with zero attached hydrogens (tertiary/aromatic N) is 3. The normalized spacial score (nSPS) is 11.8. The van der Waals surface area contributed by atoms with Crippen molar-refractivity contribution in [2.24, 2.45) is 5.73 Å². The molecule has 0 amide bonds. The summed E-state index contributed by atoms with van der Waals surface area (Å²) in [4.78, 5) is 0. The smallest absolute Gasteiger partial charge is 0.129 e. The van der Waals surface area contributed by atoms with Crippen molar-refractivity contribution in [3.8, 4) is 0 Å². The molecule has 0 bridgehead atoms. The Kier molecular flexibility index (Phi) is 3.49. The molecule has 2 aromatic rings. The number of hydrogen-bond donors (Lipinski definition) is 1. The molecule has 4 nitrogen and oxygen atoms in total. The third kappa shape index (κ3) is 2.94. The van der Waals surface area contributed by atoms with Gasteiger partial charge in [-0.2, -0.15) is 0 Å². The van der Waals surface area contributed by atoms with Crippen LogP contribution in [0, 0.1) is 5.82 Å². The number of halogens is 2. The second-order valence-electron chi connectivity index (χ2n) is 4.76. The summed E-state index contributed by atoms with van der Waals surface area (Å²) in [5, 5.41) is 7.94. The van der Waals surface area contributed by atoms with Crippen LogP contribution in [0.2, 0.25) is 0 Å². The molecule has 0 aliphatic carbocycles. The van der Waals surface area contributed by atoms with Gasteiger partial charge in [0, 0.05) is 10.0 Å². The minimum Gasteiger partial charge on any atom is -0.320 e. The minimum absolute atomic E-state index is 0.270. The number of nitrogens with two attached hydrogens (primary N) is 1. The van der Waals surface area contributed by atoms with Crippen LogP contribution in [0.1, 0.15) is 25.1 Å². The number of rotatable bonds is 3. The van der Waals surface area contributed by atoms with Gasteiger partial charge >= 0.3 is 0 Å². The van der Waals surface area contributed by atoms with Gasteiger partial charge in [-0.05, 0) is 26.0 Å². The predicted octanol–water partition coefficient (Wildman–Crippen LogP) is 2.42. The summed E-state index contributed by atoms with van der Waals surface area (Å²) in [6.07, 6.45) is 1.74. The Balaban J connectivity index is 2.21. The van der Waals surface area contributed by atoms with E-state index in [4.69, 9.17) is 5.73 Å². The number of benzene rings is 1. The lowest BCUT2D eigenvalue weighted by Crippen LogP contribution is -2.29. The van der Waals surface area contributed by atoms with Crippen LogP contribution in [0.3, 0.4) is 0 Å². The summed E-state index contributed by atoms with van der Waals surface area (Å²) >= 11 is 3.22. The SMILES string of the molecule is CC(C)(N)c1cn(Cc2ccc(Br)cc2F)nn1. The van der Waals surface area contributed by atoms with E-state index in [1.807, 2.05) is 13.8 Å². The average Bonchev–Trinajstić information content (AvgIpc) is 2.70. The summed E-state index contributed by atoms with van der Waals surface area (Å²) in [7, 11) is 0. The van der Waals surface area contributed by atoms with Crippen LogP contribution in [0.15, 0.2) is 28.9 Å². The summed E-state index contributed by atoms with van der Waals surface area (Å²) in [6, 6.07) is 4.94. The zero-order valence-corrected chi connectivity index (χ0v) is 11.8. The molecule has 1 aromatic carbocycles. The standard InChI is InChI=1S/C12H14BrFN4/c1-12(2,15)11-7-18(17-16-11)6-8-3-4-9(13)5-10(8)14/h3-5,7H,6,15H2,1-2H3. The number of aromatic nitrogens is 3. The first kappa shape index (κ1) is 13.2. The van der Waals surface area contributed by atoms with Gasteiger partial charge in [-0.25, -0.2) is 9.07 Å². The fourth-order valence-corrected chi connectivity index (χ4v) is 1.83. The van der Waals surface area contributed by atoms with Crippen molar-refractivity contribution in [1.29, 1.82) is 0 Å². The molecule has 2 N–H and O–H groups in total. The van der Waals surface area contributed by atoms with Gasteiger partial charge in [0.05, 0.1) is 18.3 Å². The van der Waals surface area contributed by atoms with Crippen LogP contribution in [0.25, 0.3) is 0 Å². The van der Waals surface area contributed by atoms with E-state index in [-0.39, 0.29) is 5.82 Å². The molecule has 0 aliphatic rings. The predicted molar refractivity (Wildman–Crippen MR) is 70.4 cm³/mol. The summed E-state index contributed by atoms with van der Waals surface area (Å²) in [5.41, 5.74) is 6.61. The fourth-order valence-electron chi connectivity index (χ4n) is 1.50. The molecular formula is C12H14BrFN4. The van der Waals surface area contributed by atoms with Crippen LogP contribution in [-0.4, -0.2) is 15.0 Å². The second-order valence-corrected chi connectivity index (χ2v) is 5.67. The maximum atomic E-state index is 13.7. The van der Waals surface area contributed by atoms with Gasteiger partial charge in [-0.15, -0.1) is 5.10 Å². The summed E-state index contributed by atoms with van der Waals surface area (Å²) in [5.74, 6) is -0.270. The molecule has 0 spiro atoms. The molecule has 1 aromatic heterocycles. The summed E-state index contributed by atoms with van der Waals surface area (Å²) in [6.45, 7) is 4.03. The molecule has 18 heavy (non-hydrogen) atoms. The zero-order chi connectivity index (χ0) is 13.3. The molecule has 0 fully saturated rings. The van der Waals surface area contributed by atoms with Gasteiger partial charge in [-0.1, -0.05) is 27.2 Å². The summed E-state index contributed by atoms with van der Waals surface area (Å²) < 4.78 is 16.0. The van der Waals surface area contributed by atoms with Crippen molar-refractivity contribution < 1.29 is 4.39 Å². The highest BCUT2D eigenvalue weighted by molar-refractivity contribution is 9.10. The Morgan fingerprint density at radius 1 is 1.44 bits per heavy atom. The topological polar surface area (TPSA) is 56.7 Å². The van der Waals surface area contributed by atoms with Crippen LogP contribution in [0.5, 0.6) is 0 Å². The van der Waals surface area contributed by atoms with Crippen LogP contribution in [-0.2, 0) is 12.1 Å². The molecular weight excluding hydrogens is 299 g/mol. The van der Waals surface area contributed by atoms with Gasteiger partial charge in [0.15, 0.2) is 0 Å². The molecule has 0 saturated carbocycles. The van der Waals surface area contributed by atoms with Gasteiger partial charge in [0.25, 0.3) is 0 Å². The van der Waals surface area contributed by atoms with Crippen molar-refractivity contribution in [1.82, 2.24) is 15.0 Å². The van der Waals surface area contributed by atoms with Crippen molar-refractivity contribution in [3.63, 3.8) is 0 Å². The van der Waals surface area contributed by atoms with E-state index in [0.29, 0.717) is 22.3 Å². The van der Waals surface area contributed by atoms with Crippen LogP contribution in [0.4, 0.5) is 4.39 Å². The number of hydrogen-bond acceptors (Lipinski definition) is 3. The van der Waals surface area contributed by atoms with Crippen LogP contribution >= 0.6 is 15.9 Å². The van der Waals surface area contributed by atoms with Crippen molar-refractivity contribution in [2.45, 2.75) is 25.9 Å². The molecule has 1 heterocycles. The fraction of sp³-hybridized carbons (Fsp3) is 0.333. The molecule has 0 unspecified atom stereocenters. The van der Waals surface area contributed by atoms with Gasteiger partial charge in [0.1, 0.15) is 11.5 Å². The van der Waals surface area contributed by atoms with E-state index >= 15 is 0 Å². The first-order valence-corrected chi connectivity index (χ1v) is 6.29. The largest absolute Gasteiger partial charge is 0.320 e. The van der Waals surface area contributed by atoms with Crippen molar-refractivity contribution >= 4 is 15.9 Å². The Hall–Kier alpha value is -1.27. The van der Waals surface area contributed by atoms with E-state index < -0.39 is 5.54 Å². The first-order chi connectivity index (χ1) is 8.36. The second kappa shape index (κ2) is 4.78. The lowest BCUT2D eigenvalue weighted by Gasteiger charge is -2.13. The van der Waals surface area contributed by atoms with E-state index in [2.05, 4.69) is 26.2 Å². The van der Waals surface area contributed by atoms with E-state index in [1.54, 1.807) is 23.0 Å². The average molecular weight is 313 g/mol. The zero-order valence-electron chi connectivity index (χ0n) is 10.2. The third-order valence-electron chi connectivity index (χ3n) is 2.55. The third-order valence-corrected chi connectivity index (χ3v) is 3.04. The molecule has 0 aliphatic heterocycles.